The lowest BCUT2D eigenvalue weighted by Crippen LogP contribution is -1.90. The van der Waals surface area contributed by atoms with E-state index in [9.17, 15) is 0 Å². The zero-order valence-corrected chi connectivity index (χ0v) is 15.7. The minimum absolute atomic E-state index is 0.245. The molecule has 0 aliphatic rings. The van der Waals surface area contributed by atoms with Crippen molar-refractivity contribution in [2.45, 2.75) is 0 Å². The molecule has 0 spiro atoms. The Morgan fingerprint density at radius 3 is 2.38 bits per heavy atom. The number of nitrogen functional groups attached to an aromatic ring is 1. The third-order valence-electron chi connectivity index (χ3n) is 2.83. The lowest BCUT2D eigenvalue weighted by Gasteiger charge is -2.07. The van der Waals surface area contributed by atoms with Gasteiger partial charge in [-0.25, -0.2) is 0 Å². The highest BCUT2D eigenvalue weighted by Crippen LogP contribution is 2.47. The van der Waals surface area contributed by atoms with Crippen molar-refractivity contribution in [3.05, 3.63) is 41.9 Å². The number of anilines is 1. The molecule has 108 valence electrons. The molecule has 0 fully saturated rings. The zero-order valence-electron chi connectivity index (χ0n) is 10.2. The Morgan fingerprint density at radius 2 is 1.81 bits per heavy atom. The molecular weight excluding hydrogens is 463 g/mol. The molecule has 0 unspecified atom stereocenters. The Hall–Kier alpha value is -0.530. The van der Waals surface area contributed by atoms with E-state index in [0.717, 1.165) is 13.1 Å². The molecule has 2 aromatic heterocycles. The minimum atomic E-state index is 0.245. The fourth-order valence-electron chi connectivity index (χ4n) is 1.96. The van der Waals surface area contributed by atoms with Crippen molar-refractivity contribution in [1.82, 2.24) is 5.16 Å². The van der Waals surface area contributed by atoms with Crippen LogP contribution in [0.2, 0.25) is 10.0 Å². The Kier molecular flexibility index (Phi) is 4.34. The van der Waals surface area contributed by atoms with Crippen molar-refractivity contribution in [3.8, 4) is 22.5 Å². The molecule has 0 aliphatic carbocycles. The van der Waals surface area contributed by atoms with Crippen LogP contribution in [0.1, 0.15) is 0 Å². The van der Waals surface area contributed by atoms with Crippen molar-refractivity contribution in [1.29, 1.82) is 0 Å². The van der Waals surface area contributed by atoms with Crippen LogP contribution in [-0.2, 0) is 0 Å². The maximum atomic E-state index is 6.27. The molecule has 3 nitrogen and oxygen atoms in total. The number of nitrogens with two attached hydrogens (primary N) is 1. The maximum Gasteiger partial charge on any atom is 0.179 e. The molecule has 0 saturated carbocycles. The van der Waals surface area contributed by atoms with E-state index in [1.165, 1.54) is 11.3 Å². The summed E-state index contributed by atoms with van der Waals surface area (Å²) in [6.45, 7) is 0. The van der Waals surface area contributed by atoms with Crippen LogP contribution in [0.15, 0.2) is 36.4 Å². The summed E-state index contributed by atoms with van der Waals surface area (Å²) < 4.78 is 7.26. The van der Waals surface area contributed by atoms with E-state index < -0.39 is 0 Å². The molecule has 3 rings (SSSR count). The van der Waals surface area contributed by atoms with Crippen LogP contribution >= 0.6 is 66.4 Å². The molecule has 0 bridgehead atoms. The highest BCUT2D eigenvalue weighted by atomic mass is 79.9. The topological polar surface area (TPSA) is 52.0 Å². The van der Waals surface area contributed by atoms with Gasteiger partial charge < -0.3 is 10.3 Å². The van der Waals surface area contributed by atoms with Gasteiger partial charge in [0.05, 0.1) is 23.2 Å². The maximum absolute atomic E-state index is 6.27. The van der Waals surface area contributed by atoms with E-state index in [1.807, 2.05) is 6.07 Å². The monoisotopic (exact) mass is 466 g/mol. The lowest BCUT2D eigenvalue weighted by atomic mass is 10.0. The first-order valence-electron chi connectivity index (χ1n) is 5.63. The van der Waals surface area contributed by atoms with Crippen molar-refractivity contribution >= 4 is 72.2 Å². The first-order chi connectivity index (χ1) is 9.99. The number of benzene rings is 1. The van der Waals surface area contributed by atoms with Crippen LogP contribution in [0.25, 0.3) is 22.5 Å². The van der Waals surface area contributed by atoms with Crippen molar-refractivity contribution < 1.29 is 4.52 Å². The summed E-state index contributed by atoms with van der Waals surface area (Å²) >= 11 is 21.0. The minimum Gasteiger partial charge on any atom is -0.380 e. The SMILES string of the molecule is Nc1noc(-c2cc(Br)sc2Br)c1-c1c(Cl)cccc1Cl. The Bertz CT molecular complexity index is 811. The van der Waals surface area contributed by atoms with Crippen molar-refractivity contribution in [3.63, 3.8) is 0 Å². The number of hydrogen-bond donors (Lipinski definition) is 1. The number of halogens is 4. The molecule has 21 heavy (non-hydrogen) atoms. The number of thiophene rings is 1. The average Bonchev–Trinajstić information content (AvgIpc) is 2.93. The van der Waals surface area contributed by atoms with Gasteiger partial charge in [-0.2, -0.15) is 0 Å². The number of nitrogens with zero attached hydrogens (tertiary/aromatic N) is 1. The Balaban J connectivity index is 2.30. The van der Waals surface area contributed by atoms with Crippen molar-refractivity contribution in [2.75, 3.05) is 5.73 Å². The predicted molar refractivity (Wildman–Crippen MR) is 95.1 cm³/mol. The molecule has 3 aromatic rings. The third-order valence-corrected chi connectivity index (χ3v) is 5.80. The van der Waals surface area contributed by atoms with Crippen LogP contribution in [0.4, 0.5) is 5.82 Å². The molecule has 0 aliphatic heterocycles. The van der Waals surface area contributed by atoms with Gasteiger partial charge in [0.1, 0.15) is 0 Å². The van der Waals surface area contributed by atoms with E-state index in [2.05, 4.69) is 37.0 Å². The largest absolute Gasteiger partial charge is 0.380 e. The van der Waals surface area contributed by atoms with E-state index in [0.29, 0.717) is 26.9 Å². The smallest absolute Gasteiger partial charge is 0.179 e. The van der Waals surface area contributed by atoms with E-state index in [4.69, 9.17) is 33.5 Å². The van der Waals surface area contributed by atoms with Gasteiger partial charge in [0, 0.05) is 11.1 Å². The van der Waals surface area contributed by atoms with Gasteiger partial charge in [-0.05, 0) is 50.1 Å². The summed E-state index contributed by atoms with van der Waals surface area (Å²) in [6.07, 6.45) is 0. The van der Waals surface area contributed by atoms with Crippen molar-refractivity contribution in [2.24, 2.45) is 0 Å². The van der Waals surface area contributed by atoms with Gasteiger partial charge in [-0.15, -0.1) is 11.3 Å². The van der Waals surface area contributed by atoms with Gasteiger partial charge >= 0.3 is 0 Å². The van der Waals surface area contributed by atoms with Gasteiger partial charge in [0.25, 0.3) is 0 Å². The Labute approximate surface area is 151 Å². The molecule has 0 atom stereocenters. The summed E-state index contributed by atoms with van der Waals surface area (Å²) in [5, 5.41) is 4.84. The molecule has 0 amide bonds. The normalized spacial score (nSPS) is 11.0. The van der Waals surface area contributed by atoms with Gasteiger partial charge in [-0.3, -0.25) is 0 Å². The molecule has 0 saturated heterocycles. The van der Waals surface area contributed by atoms with Crippen LogP contribution < -0.4 is 5.73 Å². The summed E-state index contributed by atoms with van der Waals surface area (Å²) in [5.41, 5.74) is 8.00. The number of hydrogen-bond acceptors (Lipinski definition) is 4. The fraction of sp³-hybridized carbons (Fsp3) is 0. The number of rotatable bonds is 2. The first-order valence-corrected chi connectivity index (χ1v) is 8.79. The second-order valence-electron chi connectivity index (χ2n) is 4.11. The summed E-state index contributed by atoms with van der Waals surface area (Å²) in [4.78, 5) is 0. The van der Waals surface area contributed by atoms with E-state index in [1.54, 1.807) is 18.2 Å². The summed E-state index contributed by atoms with van der Waals surface area (Å²) in [5.74, 6) is 0.769. The van der Waals surface area contributed by atoms with Crippen LogP contribution in [0.5, 0.6) is 0 Å². The third kappa shape index (κ3) is 2.75. The first kappa shape index (κ1) is 15.4. The summed E-state index contributed by atoms with van der Waals surface area (Å²) in [6, 6.07) is 7.19. The fourth-order valence-corrected chi connectivity index (χ4v) is 5.34. The molecule has 8 heteroatoms. The lowest BCUT2D eigenvalue weighted by molar-refractivity contribution is 0.436. The van der Waals surface area contributed by atoms with Crippen LogP contribution in [0.3, 0.4) is 0 Å². The second-order valence-corrected chi connectivity index (χ2v) is 8.67. The van der Waals surface area contributed by atoms with E-state index >= 15 is 0 Å². The van der Waals surface area contributed by atoms with Crippen LogP contribution in [0, 0.1) is 0 Å². The molecule has 2 heterocycles. The summed E-state index contributed by atoms with van der Waals surface area (Å²) in [7, 11) is 0. The highest BCUT2D eigenvalue weighted by Gasteiger charge is 2.24. The second kappa shape index (κ2) is 5.93. The number of aromatic nitrogens is 1. The predicted octanol–water partition coefficient (Wildman–Crippen LogP) is 6.48. The van der Waals surface area contributed by atoms with Gasteiger partial charge in [0.15, 0.2) is 11.6 Å². The molecule has 1 aromatic carbocycles. The molecule has 2 N–H and O–H groups in total. The zero-order chi connectivity index (χ0) is 15.1. The molecular formula is C13H6Br2Cl2N2OS. The standard InChI is InChI=1S/C13H6Br2Cl2N2OS/c14-8-4-5(12(15)21-8)11-10(13(18)19-20-11)9-6(16)2-1-3-7(9)17/h1-4H,(H2,18,19). The Morgan fingerprint density at radius 1 is 1.14 bits per heavy atom. The quantitative estimate of drug-likeness (QED) is 0.468. The average molecular weight is 469 g/mol. The highest BCUT2D eigenvalue weighted by molar-refractivity contribution is 9.12. The van der Waals surface area contributed by atoms with E-state index in [-0.39, 0.29) is 5.82 Å². The molecule has 0 radical (unpaired) electrons. The van der Waals surface area contributed by atoms with Crippen LogP contribution in [-0.4, -0.2) is 5.16 Å². The van der Waals surface area contributed by atoms with Gasteiger partial charge in [-0.1, -0.05) is 34.4 Å². The van der Waals surface area contributed by atoms with Gasteiger partial charge in [0.2, 0.25) is 0 Å².